The van der Waals surface area contributed by atoms with E-state index in [1.807, 2.05) is 48.5 Å². The predicted molar refractivity (Wildman–Crippen MR) is 177 cm³/mol. The predicted octanol–water partition coefficient (Wildman–Crippen LogP) is 5.85. The quantitative estimate of drug-likeness (QED) is 0.147. The molecule has 3 amide bonds. The number of hydrogen-bond acceptors (Lipinski definition) is 6. The van der Waals surface area contributed by atoms with Crippen molar-refractivity contribution in [3.63, 3.8) is 0 Å². The number of carboxylic acid groups (broad SMARTS) is 1. The van der Waals surface area contributed by atoms with Crippen molar-refractivity contribution >= 4 is 40.8 Å². The van der Waals surface area contributed by atoms with Gasteiger partial charge in [-0.25, -0.2) is 4.79 Å². The lowest BCUT2D eigenvalue weighted by atomic mass is 10.0. The lowest BCUT2D eigenvalue weighted by molar-refractivity contribution is -0.137. The Labute approximate surface area is 267 Å². The van der Waals surface area contributed by atoms with Crippen LogP contribution in [0, 0.1) is 0 Å². The number of para-hydroxylation sites is 1. The summed E-state index contributed by atoms with van der Waals surface area (Å²) in [5.74, 6) is -0.871. The molecule has 0 aromatic heterocycles. The fraction of sp³-hybridized carbons (Fsp3) is 0.222. The number of carbonyl (C=O) groups is 4. The van der Waals surface area contributed by atoms with Gasteiger partial charge in [0.25, 0.3) is 5.91 Å². The Morgan fingerprint density at radius 1 is 0.913 bits per heavy atom. The number of hydrogen-bond donors (Lipinski definition) is 4. The van der Waals surface area contributed by atoms with Crippen molar-refractivity contribution in [2.45, 2.75) is 31.7 Å². The molecule has 5 rings (SSSR count). The van der Waals surface area contributed by atoms with Crippen molar-refractivity contribution in [1.82, 2.24) is 5.32 Å². The van der Waals surface area contributed by atoms with E-state index in [9.17, 15) is 24.3 Å². The smallest absolute Gasteiger partial charge is 0.326 e. The maximum absolute atomic E-state index is 13.0. The number of nitrogens with one attached hydrogen (secondary N) is 3. The molecule has 1 atom stereocenters. The van der Waals surface area contributed by atoms with Crippen molar-refractivity contribution in [3.05, 3.63) is 119 Å². The Morgan fingerprint density at radius 2 is 1.70 bits per heavy atom. The van der Waals surface area contributed by atoms with E-state index < -0.39 is 12.0 Å². The molecule has 0 saturated carbocycles. The minimum Gasteiger partial charge on any atom is -0.495 e. The van der Waals surface area contributed by atoms with Crippen LogP contribution in [0.15, 0.2) is 97.1 Å². The molecule has 10 nitrogen and oxygen atoms in total. The SMILES string of the molecule is COc1cc(CC(=O)CNc2cccc(C(CCC(=O)O)NC(=O)c3ccccc3)c2)ccc1NC(=O)N1CCc2ccccc21. The number of carboxylic acids is 1. The van der Waals surface area contributed by atoms with Crippen LogP contribution in [0.4, 0.5) is 21.9 Å². The van der Waals surface area contributed by atoms with Crippen LogP contribution >= 0.6 is 0 Å². The number of anilines is 3. The number of carbonyl (C=O) groups excluding carboxylic acids is 3. The van der Waals surface area contributed by atoms with Crippen LogP contribution in [0.1, 0.15) is 45.9 Å². The topological polar surface area (TPSA) is 137 Å². The van der Waals surface area contributed by atoms with E-state index in [1.165, 1.54) is 7.11 Å². The molecular formula is C36H36N4O6. The number of urea groups is 1. The third kappa shape index (κ3) is 8.09. The summed E-state index contributed by atoms with van der Waals surface area (Å²) in [5.41, 5.74) is 5.15. The van der Waals surface area contributed by atoms with Crippen LogP contribution < -0.4 is 25.6 Å². The molecule has 0 radical (unpaired) electrons. The number of methoxy groups -OCH3 is 1. The highest BCUT2D eigenvalue weighted by Crippen LogP contribution is 2.31. The van der Waals surface area contributed by atoms with Gasteiger partial charge in [0.05, 0.1) is 25.4 Å². The summed E-state index contributed by atoms with van der Waals surface area (Å²) in [7, 11) is 1.52. The molecule has 236 valence electrons. The number of benzene rings is 4. The van der Waals surface area contributed by atoms with Gasteiger partial charge in [-0.15, -0.1) is 0 Å². The fourth-order valence-corrected chi connectivity index (χ4v) is 5.46. The van der Waals surface area contributed by atoms with Crippen molar-refractivity contribution < 1.29 is 29.0 Å². The Kier molecular flexibility index (Phi) is 10.3. The van der Waals surface area contributed by atoms with Gasteiger partial charge in [-0.05, 0) is 72.0 Å². The Bertz CT molecular complexity index is 1720. The fourth-order valence-electron chi connectivity index (χ4n) is 5.46. The average molecular weight is 621 g/mol. The minimum absolute atomic E-state index is 0.0504. The molecule has 1 aliphatic heterocycles. The van der Waals surface area contributed by atoms with Crippen LogP contribution in [-0.4, -0.2) is 49.0 Å². The van der Waals surface area contributed by atoms with Gasteiger partial charge >= 0.3 is 12.0 Å². The van der Waals surface area contributed by atoms with Crippen molar-refractivity contribution in [2.24, 2.45) is 0 Å². The summed E-state index contributed by atoms with van der Waals surface area (Å²) in [5, 5.41) is 18.3. The Balaban J connectivity index is 1.19. The molecule has 4 aromatic carbocycles. The third-order valence-corrected chi connectivity index (χ3v) is 7.81. The van der Waals surface area contributed by atoms with Gasteiger partial charge in [0, 0.05) is 36.3 Å². The summed E-state index contributed by atoms with van der Waals surface area (Å²) in [4.78, 5) is 51.8. The first kappa shape index (κ1) is 31.8. The second-order valence-corrected chi connectivity index (χ2v) is 11.0. The maximum Gasteiger partial charge on any atom is 0.326 e. The van der Waals surface area contributed by atoms with E-state index in [-0.39, 0.29) is 43.5 Å². The lowest BCUT2D eigenvalue weighted by Crippen LogP contribution is -2.33. The van der Waals surface area contributed by atoms with E-state index in [2.05, 4.69) is 16.0 Å². The Morgan fingerprint density at radius 3 is 2.48 bits per heavy atom. The van der Waals surface area contributed by atoms with E-state index in [4.69, 9.17) is 4.74 Å². The van der Waals surface area contributed by atoms with Gasteiger partial charge in [0.1, 0.15) is 5.75 Å². The maximum atomic E-state index is 13.0. The normalized spacial score (nSPS) is 12.5. The van der Waals surface area contributed by atoms with Crippen LogP contribution in [0.3, 0.4) is 0 Å². The number of rotatable bonds is 13. The summed E-state index contributed by atoms with van der Waals surface area (Å²) in [6, 6.07) is 28.3. The summed E-state index contributed by atoms with van der Waals surface area (Å²) in [6.07, 6.45) is 1.04. The number of ether oxygens (including phenoxy) is 1. The van der Waals surface area contributed by atoms with E-state index in [1.54, 1.807) is 53.4 Å². The van der Waals surface area contributed by atoms with Crippen LogP contribution in [0.2, 0.25) is 0 Å². The van der Waals surface area contributed by atoms with Gasteiger partial charge in [-0.3, -0.25) is 19.3 Å². The highest BCUT2D eigenvalue weighted by Gasteiger charge is 2.25. The zero-order valence-corrected chi connectivity index (χ0v) is 25.5. The summed E-state index contributed by atoms with van der Waals surface area (Å²) < 4.78 is 5.53. The van der Waals surface area contributed by atoms with Crippen molar-refractivity contribution in [3.8, 4) is 5.75 Å². The van der Waals surface area contributed by atoms with Gasteiger partial charge in [-0.1, -0.05) is 54.6 Å². The van der Waals surface area contributed by atoms with E-state index >= 15 is 0 Å². The van der Waals surface area contributed by atoms with Gasteiger partial charge in [0.2, 0.25) is 0 Å². The first-order valence-corrected chi connectivity index (χ1v) is 15.1. The van der Waals surface area contributed by atoms with Crippen LogP contribution in [-0.2, 0) is 22.4 Å². The first-order chi connectivity index (χ1) is 22.3. The lowest BCUT2D eigenvalue weighted by Gasteiger charge is -2.20. The molecule has 0 bridgehead atoms. The zero-order valence-electron chi connectivity index (χ0n) is 25.5. The van der Waals surface area contributed by atoms with Crippen LogP contribution in [0.5, 0.6) is 5.75 Å². The highest BCUT2D eigenvalue weighted by molar-refractivity contribution is 6.04. The Hall–Kier alpha value is -5.64. The molecule has 0 fully saturated rings. The van der Waals surface area contributed by atoms with Crippen molar-refractivity contribution in [1.29, 1.82) is 0 Å². The molecule has 1 heterocycles. The van der Waals surface area contributed by atoms with Gasteiger partial charge < -0.3 is 25.8 Å². The standard InChI is InChI=1S/C36H36N4O6/c1-46-33-21-24(14-15-31(33)39-36(45)40-19-18-25-8-5-6-13-32(25)40)20-29(41)23-37-28-12-7-11-27(22-28)30(16-17-34(42)43)38-35(44)26-9-3-2-4-10-26/h2-15,21-22,30,37H,16-20,23H2,1H3,(H,38,44)(H,39,45)(H,42,43). The molecule has 46 heavy (non-hydrogen) atoms. The van der Waals surface area contributed by atoms with Gasteiger partial charge in [-0.2, -0.15) is 0 Å². The molecule has 1 aliphatic rings. The van der Waals surface area contributed by atoms with Gasteiger partial charge in [0.15, 0.2) is 5.78 Å². The van der Waals surface area contributed by atoms with Crippen LogP contribution in [0.25, 0.3) is 0 Å². The largest absolute Gasteiger partial charge is 0.495 e. The number of Topliss-reactive ketones (excluding diaryl/α,β-unsaturated/α-hetero) is 1. The molecule has 4 aromatic rings. The number of aliphatic carboxylic acids is 1. The number of fused-ring (bicyclic) bond motifs is 1. The molecule has 10 heteroatoms. The monoisotopic (exact) mass is 620 g/mol. The molecule has 4 N–H and O–H groups in total. The molecule has 1 unspecified atom stereocenters. The highest BCUT2D eigenvalue weighted by atomic mass is 16.5. The molecule has 0 saturated heterocycles. The molecule has 0 spiro atoms. The third-order valence-electron chi connectivity index (χ3n) is 7.81. The van der Waals surface area contributed by atoms with Crippen molar-refractivity contribution in [2.75, 3.05) is 35.7 Å². The summed E-state index contributed by atoms with van der Waals surface area (Å²) in [6.45, 7) is 0.649. The number of ketones is 1. The zero-order chi connectivity index (χ0) is 32.5. The molecular weight excluding hydrogens is 584 g/mol. The van der Waals surface area contributed by atoms with E-state index in [0.29, 0.717) is 29.2 Å². The number of nitrogens with zero attached hydrogens (tertiary/aromatic N) is 1. The average Bonchev–Trinajstić information content (AvgIpc) is 3.51. The summed E-state index contributed by atoms with van der Waals surface area (Å²) >= 11 is 0. The first-order valence-electron chi connectivity index (χ1n) is 15.1. The molecule has 0 aliphatic carbocycles. The second-order valence-electron chi connectivity index (χ2n) is 11.0. The minimum atomic E-state index is -0.955. The van der Waals surface area contributed by atoms with E-state index in [0.717, 1.165) is 28.8 Å². The second kappa shape index (κ2) is 14.9. The number of amides is 3.